The maximum Gasteiger partial charge on any atom is 0.677 e. The second-order valence-electron chi connectivity index (χ2n) is 7.67. The lowest BCUT2D eigenvalue weighted by atomic mass is 9.90. The fourth-order valence-electron chi connectivity index (χ4n) is 4.02. The molecule has 0 bridgehead atoms. The highest BCUT2D eigenvalue weighted by molar-refractivity contribution is 8.14. The highest BCUT2D eigenvalue weighted by atomic mass is 32.2. The number of carbonyl (C=O) groups is 1. The van der Waals surface area contributed by atoms with E-state index in [0.29, 0.717) is 27.4 Å². The van der Waals surface area contributed by atoms with Gasteiger partial charge in [0.2, 0.25) is 5.12 Å². The van der Waals surface area contributed by atoms with Crippen LogP contribution in [-0.4, -0.2) is 23.2 Å². The summed E-state index contributed by atoms with van der Waals surface area (Å²) >= 11 is 0.943. The van der Waals surface area contributed by atoms with Crippen molar-refractivity contribution >= 4 is 36.1 Å². The van der Waals surface area contributed by atoms with Crippen molar-refractivity contribution in [2.75, 3.05) is 0 Å². The van der Waals surface area contributed by atoms with Crippen LogP contribution in [0.4, 0.5) is 8.63 Å². The zero-order valence-corrected chi connectivity index (χ0v) is 18.8. The summed E-state index contributed by atoms with van der Waals surface area (Å²) < 4.78 is 29.2. The second-order valence-corrected chi connectivity index (χ2v) is 8.72. The lowest BCUT2D eigenvalue weighted by Crippen LogP contribution is -2.15. The van der Waals surface area contributed by atoms with Crippen LogP contribution in [0.25, 0.3) is 5.57 Å². The van der Waals surface area contributed by atoms with Crippen molar-refractivity contribution in [3.05, 3.63) is 106 Å². The zero-order chi connectivity index (χ0) is 22.8. The number of carbonyl (C=O) groups excluding carboxylic acids is 1. The Labute approximate surface area is 190 Å². The van der Waals surface area contributed by atoms with E-state index in [-0.39, 0.29) is 5.12 Å². The summed E-state index contributed by atoms with van der Waals surface area (Å²) in [5.41, 5.74) is 6.05. The van der Waals surface area contributed by atoms with Crippen LogP contribution in [0.1, 0.15) is 38.3 Å². The van der Waals surface area contributed by atoms with Gasteiger partial charge in [-0.2, -0.15) is 0 Å². The summed E-state index contributed by atoms with van der Waals surface area (Å²) in [6.07, 6.45) is 6.60. The summed E-state index contributed by atoms with van der Waals surface area (Å²) in [6, 6.07) is 14.5. The number of hydrogen-bond donors (Lipinski definition) is 0. The highest BCUT2D eigenvalue weighted by Gasteiger charge is 2.27. The van der Waals surface area contributed by atoms with Crippen LogP contribution in [0.3, 0.4) is 0 Å². The summed E-state index contributed by atoms with van der Waals surface area (Å²) in [5, 5.41) is -0.195. The fourth-order valence-corrected chi connectivity index (χ4v) is 4.83. The molecule has 0 saturated carbocycles. The number of benzene rings is 2. The Morgan fingerprint density at radius 1 is 1.03 bits per heavy atom. The van der Waals surface area contributed by atoms with Crippen molar-refractivity contribution in [1.29, 1.82) is 0 Å². The predicted octanol–water partition coefficient (Wildman–Crippen LogP) is 6.52. The smallest absolute Gasteiger partial charge is 0.331 e. The van der Waals surface area contributed by atoms with Gasteiger partial charge in [-0.15, -0.1) is 0 Å². The first-order valence-corrected chi connectivity index (χ1v) is 11.0. The van der Waals surface area contributed by atoms with E-state index in [0.717, 1.165) is 38.5 Å². The number of aliphatic imine (C=N–C) groups is 1. The number of thioether (sulfide) groups is 1. The molecule has 0 aliphatic carbocycles. The quantitative estimate of drug-likeness (QED) is 0.331. The molecule has 0 radical (unpaired) electrons. The van der Waals surface area contributed by atoms with Gasteiger partial charge in [-0.1, -0.05) is 48.0 Å². The Bertz CT molecular complexity index is 1240. The van der Waals surface area contributed by atoms with Crippen LogP contribution in [0, 0.1) is 20.8 Å². The minimum Gasteiger partial charge on any atom is -0.331 e. The van der Waals surface area contributed by atoms with E-state index < -0.39 is 7.40 Å². The highest BCUT2D eigenvalue weighted by Crippen LogP contribution is 2.37. The number of allylic oxidation sites excluding steroid dienone is 2. The average molecular weight is 446 g/mol. The average Bonchev–Trinajstić information content (AvgIpc) is 3.41. The molecule has 0 atom stereocenters. The van der Waals surface area contributed by atoms with E-state index in [1.807, 2.05) is 45.0 Å². The van der Waals surface area contributed by atoms with Crippen LogP contribution in [0.15, 0.2) is 82.5 Å². The molecule has 160 valence electrons. The van der Waals surface area contributed by atoms with Crippen LogP contribution < -0.4 is 0 Å². The van der Waals surface area contributed by atoms with Crippen molar-refractivity contribution in [3.63, 3.8) is 0 Å². The molecule has 32 heavy (non-hydrogen) atoms. The molecule has 0 unspecified atom stereocenters. The minimum atomic E-state index is -2.76. The maximum absolute atomic E-state index is 14.1. The van der Waals surface area contributed by atoms with E-state index in [4.69, 9.17) is 0 Å². The van der Waals surface area contributed by atoms with Crippen LogP contribution in [0.2, 0.25) is 0 Å². The molecule has 0 spiro atoms. The molecule has 3 nitrogen and oxygen atoms in total. The number of aryl methyl sites for hydroxylation is 3. The third-order valence-corrected chi connectivity index (χ3v) is 6.13. The SMILES string of the molecule is Cc1cc(C)c(/C(=C2/C=CC=N2)c2cc(SC(=O)c3ccccc3)cn2B(F)F)c(C)c1. The maximum atomic E-state index is 14.1. The third-order valence-electron chi connectivity index (χ3n) is 5.25. The molecule has 1 aliphatic heterocycles. The van der Waals surface area contributed by atoms with Gasteiger partial charge >= 0.3 is 7.40 Å². The van der Waals surface area contributed by atoms with Gasteiger partial charge in [-0.25, -0.2) is 0 Å². The Kier molecular flexibility index (Phi) is 6.28. The fraction of sp³-hybridized carbons (Fsp3) is 0.120. The van der Waals surface area contributed by atoms with E-state index in [1.165, 1.54) is 6.20 Å². The summed E-state index contributed by atoms with van der Waals surface area (Å²) in [6.45, 7) is 5.96. The van der Waals surface area contributed by atoms with Gasteiger partial charge in [-0.3, -0.25) is 18.4 Å². The Hall–Kier alpha value is -3.19. The number of rotatable bonds is 5. The van der Waals surface area contributed by atoms with Gasteiger partial charge in [0.05, 0.1) is 5.70 Å². The van der Waals surface area contributed by atoms with Crippen LogP contribution in [0.5, 0.6) is 0 Å². The predicted molar refractivity (Wildman–Crippen MR) is 129 cm³/mol. The van der Waals surface area contributed by atoms with Crippen LogP contribution >= 0.6 is 11.8 Å². The first-order valence-electron chi connectivity index (χ1n) is 10.2. The largest absolute Gasteiger partial charge is 0.677 e. The van der Waals surface area contributed by atoms with Gasteiger partial charge in [0, 0.05) is 34.1 Å². The Morgan fingerprint density at radius 2 is 1.72 bits per heavy atom. The molecular formula is C25H21BF2N2OS. The molecule has 1 aromatic heterocycles. The third kappa shape index (κ3) is 4.39. The summed E-state index contributed by atoms with van der Waals surface area (Å²) in [4.78, 5) is 17.5. The standard InChI is InChI=1S/C25H21BF2N2OS/c1-16-12-17(2)23(18(3)13-16)24(21-10-7-11-29-21)22-14-20(15-30(22)26(27)28)32-25(31)19-8-5-4-6-9-19/h4-15H,1-3H3/b24-21-. The van der Waals surface area contributed by atoms with Gasteiger partial charge < -0.3 is 4.48 Å². The molecule has 3 aromatic rings. The van der Waals surface area contributed by atoms with E-state index in [2.05, 4.69) is 4.99 Å². The minimum absolute atomic E-state index is 0.195. The van der Waals surface area contributed by atoms with Crippen molar-refractivity contribution in [2.45, 2.75) is 25.7 Å². The molecular weight excluding hydrogens is 425 g/mol. The lowest BCUT2D eigenvalue weighted by molar-refractivity contribution is 0.108. The lowest BCUT2D eigenvalue weighted by Gasteiger charge is -2.18. The molecule has 4 rings (SSSR count). The van der Waals surface area contributed by atoms with E-state index in [1.54, 1.807) is 42.6 Å². The number of nitrogens with zero attached hydrogens (tertiary/aromatic N) is 2. The zero-order valence-electron chi connectivity index (χ0n) is 18.0. The molecule has 2 aromatic carbocycles. The van der Waals surface area contributed by atoms with Gasteiger partial charge in [-0.05, 0) is 67.4 Å². The normalized spacial score (nSPS) is 14.2. The van der Waals surface area contributed by atoms with Crippen molar-refractivity contribution in [1.82, 2.24) is 4.48 Å². The molecule has 7 heteroatoms. The van der Waals surface area contributed by atoms with Gasteiger partial charge in [0.1, 0.15) is 0 Å². The molecule has 0 fully saturated rings. The Balaban J connectivity index is 1.86. The van der Waals surface area contributed by atoms with Crippen molar-refractivity contribution in [2.24, 2.45) is 4.99 Å². The Morgan fingerprint density at radius 3 is 2.31 bits per heavy atom. The first kappa shape index (κ1) is 22.0. The molecule has 1 aliphatic rings. The van der Waals surface area contributed by atoms with Gasteiger partial charge in [0.15, 0.2) is 0 Å². The second kappa shape index (κ2) is 9.13. The topological polar surface area (TPSA) is 34.4 Å². The summed E-state index contributed by atoms with van der Waals surface area (Å²) in [7, 11) is -2.76. The monoisotopic (exact) mass is 446 g/mol. The summed E-state index contributed by atoms with van der Waals surface area (Å²) in [5.74, 6) is 0. The molecule has 0 saturated heterocycles. The van der Waals surface area contributed by atoms with E-state index in [9.17, 15) is 13.4 Å². The van der Waals surface area contributed by atoms with E-state index >= 15 is 0 Å². The van der Waals surface area contributed by atoms with Crippen LogP contribution in [-0.2, 0) is 0 Å². The van der Waals surface area contributed by atoms with Crippen molar-refractivity contribution < 1.29 is 13.4 Å². The van der Waals surface area contributed by atoms with Crippen molar-refractivity contribution in [3.8, 4) is 0 Å². The molecule has 0 amide bonds. The first-order chi connectivity index (χ1) is 15.3. The number of hydrogen-bond acceptors (Lipinski definition) is 3. The number of halogens is 2. The molecule has 2 heterocycles. The van der Waals surface area contributed by atoms with Gasteiger partial charge in [0.25, 0.3) is 0 Å². The molecule has 0 N–H and O–H groups in total. The number of aromatic nitrogens is 1.